The fraction of sp³-hybridized carbons (Fsp3) is 0.500. The van der Waals surface area contributed by atoms with Crippen molar-refractivity contribution < 1.29 is 14.7 Å². The van der Waals surface area contributed by atoms with E-state index in [9.17, 15) is 14.7 Å². The number of hydrogen-bond donors (Lipinski definition) is 4. The SMILES string of the molecule is CC(C)N1C(=O)NC(N[C@@H](C)c2cccc([C@H](C)O)c2)NC1=O. The highest BCUT2D eigenvalue weighted by atomic mass is 16.3. The summed E-state index contributed by atoms with van der Waals surface area (Å²) in [6.07, 6.45) is -1.19. The summed E-state index contributed by atoms with van der Waals surface area (Å²) in [5, 5.41) is 18.2. The van der Waals surface area contributed by atoms with Crippen molar-refractivity contribution in [3.8, 4) is 0 Å². The van der Waals surface area contributed by atoms with E-state index in [1.807, 2.05) is 31.2 Å². The van der Waals surface area contributed by atoms with Gasteiger partial charge in [0.15, 0.2) is 6.29 Å². The molecule has 7 heteroatoms. The number of amides is 4. The van der Waals surface area contributed by atoms with Crippen molar-refractivity contribution in [2.75, 3.05) is 0 Å². The van der Waals surface area contributed by atoms with E-state index in [4.69, 9.17) is 0 Å². The average molecular weight is 320 g/mol. The minimum atomic E-state index is -0.643. The summed E-state index contributed by atoms with van der Waals surface area (Å²) < 4.78 is 0. The summed E-state index contributed by atoms with van der Waals surface area (Å²) in [6, 6.07) is 6.36. The second kappa shape index (κ2) is 6.97. The van der Waals surface area contributed by atoms with Crippen LogP contribution >= 0.6 is 0 Å². The summed E-state index contributed by atoms with van der Waals surface area (Å²) >= 11 is 0. The van der Waals surface area contributed by atoms with Crippen LogP contribution in [0.5, 0.6) is 0 Å². The van der Waals surface area contributed by atoms with Gasteiger partial charge in [-0.1, -0.05) is 24.3 Å². The molecule has 1 aliphatic heterocycles. The third kappa shape index (κ3) is 4.00. The van der Waals surface area contributed by atoms with Crippen molar-refractivity contribution in [3.63, 3.8) is 0 Å². The van der Waals surface area contributed by atoms with Crippen LogP contribution in [0.3, 0.4) is 0 Å². The molecule has 7 nitrogen and oxygen atoms in total. The van der Waals surface area contributed by atoms with Crippen molar-refractivity contribution in [3.05, 3.63) is 35.4 Å². The highest BCUT2D eigenvalue weighted by molar-refractivity contribution is 5.96. The zero-order valence-corrected chi connectivity index (χ0v) is 13.8. The van der Waals surface area contributed by atoms with Gasteiger partial charge < -0.3 is 15.7 Å². The molecule has 1 saturated heterocycles. The first-order valence-corrected chi connectivity index (χ1v) is 7.73. The topological polar surface area (TPSA) is 93.7 Å². The lowest BCUT2D eigenvalue weighted by molar-refractivity contribution is 0.146. The van der Waals surface area contributed by atoms with E-state index in [-0.39, 0.29) is 12.1 Å². The molecule has 0 saturated carbocycles. The number of aliphatic hydroxyl groups is 1. The van der Waals surface area contributed by atoms with Crippen molar-refractivity contribution in [1.29, 1.82) is 0 Å². The standard InChI is InChI=1S/C16H24N4O3/c1-9(2)20-15(22)18-14(19-16(20)23)17-10(3)12-6-5-7-13(8-12)11(4)21/h5-11,14,17,21H,1-4H3,(H,18,22)(H,19,23)/t10-,11-/m0/s1. The molecule has 1 aliphatic rings. The fourth-order valence-corrected chi connectivity index (χ4v) is 2.50. The predicted octanol–water partition coefficient (Wildman–Crippen LogP) is 1.82. The average Bonchev–Trinajstić information content (AvgIpc) is 2.46. The molecule has 0 radical (unpaired) electrons. The van der Waals surface area contributed by atoms with E-state index >= 15 is 0 Å². The number of urea groups is 2. The molecule has 1 aromatic rings. The van der Waals surface area contributed by atoms with Gasteiger partial charge >= 0.3 is 12.1 Å². The number of carbonyl (C=O) groups is 2. The van der Waals surface area contributed by atoms with E-state index in [2.05, 4.69) is 16.0 Å². The number of hydrogen-bond acceptors (Lipinski definition) is 4. The third-order valence-electron chi connectivity index (χ3n) is 3.80. The Bertz CT molecular complexity index is 570. The van der Waals surface area contributed by atoms with E-state index in [0.717, 1.165) is 16.0 Å². The number of imide groups is 1. The van der Waals surface area contributed by atoms with Gasteiger partial charge in [0.25, 0.3) is 0 Å². The lowest BCUT2D eigenvalue weighted by atomic mass is 10.0. The maximum absolute atomic E-state index is 12.0. The second-order valence-electron chi connectivity index (χ2n) is 6.03. The van der Waals surface area contributed by atoms with Gasteiger partial charge in [0.1, 0.15) is 0 Å². The summed E-state index contributed by atoms with van der Waals surface area (Å²) in [6.45, 7) is 7.18. The molecule has 0 aromatic heterocycles. The first-order chi connectivity index (χ1) is 10.8. The van der Waals surface area contributed by atoms with E-state index in [0.29, 0.717) is 0 Å². The highest BCUT2D eigenvalue weighted by Crippen LogP contribution is 2.19. The summed E-state index contributed by atoms with van der Waals surface area (Å²) in [4.78, 5) is 25.1. The lowest BCUT2D eigenvalue weighted by Crippen LogP contribution is -2.69. The Morgan fingerprint density at radius 3 is 2.17 bits per heavy atom. The molecule has 4 N–H and O–H groups in total. The van der Waals surface area contributed by atoms with Crippen LogP contribution in [0.1, 0.15) is 51.0 Å². The van der Waals surface area contributed by atoms with Gasteiger partial charge in [-0.15, -0.1) is 0 Å². The van der Waals surface area contributed by atoms with Crippen molar-refractivity contribution in [1.82, 2.24) is 20.9 Å². The summed E-state index contributed by atoms with van der Waals surface area (Å²) in [5.41, 5.74) is 1.78. The molecular formula is C16H24N4O3. The van der Waals surface area contributed by atoms with Crippen LogP contribution in [0.15, 0.2) is 24.3 Å². The molecule has 0 unspecified atom stereocenters. The van der Waals surface area contributed by atoms with Gasteiger partial charge in [-0.3, -0.25) is 5.32 Å². The number of nitrogens with one attached hydrogen (secondary N) is 3. The van der Waals surface area contributed by atoms with Crippen LogP contribution in [0.25, 0.3) is 0 Å². The van der Waals surface area contributed by atoms with Crippen LogP contribution in [-0.4, -0.2) is 34.4 Å². The quantitative estimate of drug-likeness (QED) is 0.666. The van der Waals surface area contributed by atoms with Gasteiger partial charge in [0, 0.05) is 12.1 Å². The largest absolute Gasteiger partial charge is 0.389 e. The van der Waals surface area contributed by atoms with Crippen LogP contribution in [0.2, 0.25) is 0 Å². The molecule has 2 rings (SSSR count). The Hall–Kier alpha value is -2.12. The normalized spacial score (nSPS) is 18.6. The zero-order valence-electron chi connectivity index (χ0n) is 13.8. The van der Waals surface area contributed by atoms with E-state index in [1.165, 1.54) is 0 Å². The molecule has 0 aliphatic carbocycles. The van der Waals surface area contributed by atoms with Crippen molar-refractivity contribution in [2.45, 2.75) is 52.2 Å². The Labute approximate surface area is 136 Å². The maximum Gasteiger partial charge on any atom is 0.328 e. The minimum absolute atomic E-state index is 0.120. The van der Waals surface area contributed by atoms with Crippen LogP contribution in [0.4, 0.5) is 9.59 Å². The molecule has 0 spiro atoms. The smallest absolute Gasteiger partial charge is 0.328 e. The number of carbonyl (C=O) groups excluding carboxylic acids is 2. The van der Waals surface area contributed by atoms with Gasteiger partial charge in [-0.25, -0.2) is 14.5 Å². The summed E-state index contributed by atoms with van der Waals surface area (Å²) in [7, 11) is 0. The van der Waals surface area contributed by atoms with Gasteiger partial charge in [0.05, 0.1) is 6.10 Å². The molecular weight excluding hydrogens is 296 g/mol. The molecule has 1 heterocycles. The predicted molar refractivity (Wildman–Crippen MR) is 86.5 cm³/mol. The number of benzene rings is 1. The zero-order chi connectivity index (χ0) is 17.1. The Kier molecular flexibility index (Phi) is 5.23. The maximum atomic E-state index is 12.0. The monoisotopic (exact) mass is 320 g/mol. The first-order valence-electron chi connectivity index (χ1n) is 7.73. The van der Waals surface area contributed by atoms with Crippen molar-refractivity contribution >= 4 is 12.1 Å². The van der Waals surface area contributed by atoms with E-state index < -0.39 is 24.5 Å². The molecule has 0 bridgehead atoms. The highest BCUT2D eigenvalue weighted by Gasteiger charge is 2.33. The van der Waals surface area contributed by atoms with E-state index in [1.54, 1.807) is 20.8 Å². The van der Waals surface area contributed by atoms with Crippen molar-refractivity contribution in [2.24, 2.45) is 0 Å². The molecule has 1 fully saturated rings. The minimum Gasteiger partial charge on any atom is -0.389 e. The second-order valence-corrected chi connectivity index (χ2v) is 6.03. The molecule has 1 aromatic carbocycles. The van der Waals surface area contributed by atoms with Gasteiger partial charge in [0.2, 0.25) is 0 Å². The molecule has 4 amide bonds. The Balaban J connectivity index is 2.04. The number of aliphatic hydroxyl groups excluding tert-OH is 1. The number of nitrogens with zero attached hydrogens (tertiary/aromatic N) is 1. The van der Waals surface area contributed by atoms with Gasteiger partial charge in [-0.05, 0) is 38.8 Å². The molecule has 23 heavy (non-hydrogen) atoms. The molecule has 126 valence electrons. The lowest BCUT2D eigenvalue weighted by Gasteiger charge is -2.36. The van der Waals surface area contributed by atoms with Crippen LogP contribution < -0.4 is 16.0 Å². The Morgan fingerprint density at radius 1 is 1.09 bits per heavy atom. The van der Waals surface area contributed by atoms with Crippen LogP contribution in [0, 0.1) is 0 Å². The van der Waals surface area contributed by atoms with Gasteiger partial charge in [-0.2, -0.15) is 0 Å². The third-order valence-corrected chi connectivity index (χ3v) is 3.80. The fourth-order valence-electron chi connectivity index (χ4n) is 2.50. The molecule has 2 atom stereocenters. The Morgan fingerprint density at radius 2 is 1.65 bits per heavy atom. The number of rotatable bonds is 5. The summed E-state index contributed by atoms with van der Waals surface area (Å²) in [5.74, 6) is 0. The van der Waals surface area contributed by atoms with Crippen LogP contribution in [-0.2, 0) is 0 Å². The first kappa shape index (κ1) is 17.2.